The van der Waals surface area contributed by atoms with E-state index in [0.29, 0.717) is 0 Å². The molecule has 0 aromatic heterocycles. The lowest BCUT2D eigenvalue weighted by Crippen LogP contribution is -2.16. The molecule has 0 unspecified atom stereocenters. The van der Waals surface area contributed by atoms with E-state index in [1.165, 1.54) is 0 Å². The molecular formula is C12H19NO3. The highest BCUT2D eigenvalue weighted by molar-refractivity contribution is 5.53. The number of rotatable bonds is 1. The zero-order chi connectivity index (χ0) is 11.6. The predicted octanol–water partition coefficient (Wildman–Crippen LogP) is 1.55. The Morgan fingerprint density at radius 3 is 1.81 bits per heavy atom. The van der Waals surface area contributed by atoms with Crippen LogP contribution in [-0.4, -0.2) is 32.7 Å². The van der Waals surface area contributed by atoms with Gasteiger partial charge in [0.05, 0.1) is 12.0 Å². The molecule has 16 heavy (non-hydrogen) atoms. The Kier molecular flexibility index (Phi) is 6.78. The molecule has 0 atom stereocenters. The lowest BCUT2D eigenvalue weighted by Gasteiger charge is -2.15. The minimum Gasteiger partial charge on any atom is -0.381 e. The smallest absolute Gasteiger partial charge is 0.123 e. The molecule has 2 saturated heterocycles. The van der Waals surface area contributed by atoms with Crippen molar-refractivity contribution in [3.63, 3.8) is 0 Å². The summed E-state index contributed by atoms with van der Waals surface area (Å²) in [6.45, 7) is 3.09. The van der Waals surface area contributed by atoms with Crippen LogP contribution in [0, 0.1) is 23.2 Å². The first-order valence-electron chi connectivity index (χ1n) is 5.87. The lowest BCUT2D eigenvalue weighted by atomic mass is 10.0. The maximum absolute atomic E-state index is 10.1. The van der Waals surface area contributed by atoms with Crippen molar-refractivity contribution in [3.05, 3.63) is 0 Å². The average molecular weight is 225 g/mol. The zero-order valence-corrected chi connectivity index (χ0v) is 9.56. The van der Waals surface area contributed by atoms with Crippen LogP contribution in [0.2, 0.25) is 0 Å². The van der Waals surface area contributed by atoms with Gasteiger partial charge < -0.3 is 14.3 Å². The van der Waals surface area contributed by atoms with E-state index in [1.807, 2.05) is 0 Å². The van der Waals surface area contributed by atoms with E-state index in [-0.39, 0.29) is 11.8 Å². The molecule has 90 valence electrons. The van der Waals surface area contributed by atoms with Crippen LogP contribution >= 0.6 is 0 Å². The Balaban J connectivity index is 0.000000160. The van der Waals surface area contributed by atoms with E-state index in [9.17, 15) is 4.79 Å². The van der Waals surface area contributed by atoms with Crippen molar-refractivity contribution in [3.8, 4) is 6.07 Å². The molecule has 2 fully saturated rings. The van der Waals surface area contributed by atoms with E-state index >= 15 is 0 Å². The monoisotopic (exact) mass is 225 g/mol. The van der Waals surface area contributed by atoms with Gasteiger partial charge in [0.15, 0.2) is 0 Å². The molecule has 4 heteroatoms. The van der Waals surface area contributed by atoms with Gasteiger partial charge in [-0.25, -0.2) is 0 Å². The van der Waals surface area contributed by atoms with E-state index in [2.05, 4.69) is 6.07 Å². The van der Waals surface area contributed by atoms with E-state index in [1.54, 1.807) is 0 Å². The van der Waals surface area contributed by atoms with E-state index in [0.717, 1.165) is 58.4 Å². The van der Waals surface area contributed by atoms with Gasteiger partial charge in [-0.05, 0) is 25.7 Å². The van der Waals surface area contributed by atoms with Crippen LogP contribution in [0.15, 0.2) is 0 Å². The number of carbonyl (C=O) groups excluding carboxylic acids is 1. The number of aldehydes is 1. The van der Waals surface area contributed by atoms with Crippen molar-refractivity contribution < 1.29 is 14.3 Å². The van der Waals surface area contributed by atoms with Crippen LogP contribution in [0.5, 0.6) is 0 Å². The summed E-state index contributed by atoms with van der Waals surface area (Å²) in [4.78, 5) is 10.1. The quantitative estimate of drug-likeness (QED) is 0.635. The number of ether oxygens (including phenoxy) is 2. The van der Waals surface area contributed by atoms with Crippen LogP contribution in [0.4, 0.5) is 0 Å². The molecule has 2 heterocycles. The second-order valence-electron chi connectivity index (χ2n) is 4.10. The molecule has 0 aromatic rings. The summed E-state index contributed by atoms with van der Waals surface area (Å²) in [6.07, 6.45) is 4.72. The highest BCUT2D eigenvalue weighted by Crippen LogP contribution is 2.12. The van der Waals surface area contributed by atoms with E-state index < -0.39 is 0 Å². The first-order valence-corrected chi connectivity index (χ1v) is 5.87. The summed E-state index contributed by atoms with van der Waals surface area (Å²) in [6, 6.07) is 2.22. The molecule has 0 bridgehead atoms. The second kappa shape index (κ2) is 8.26. The predicted molar refractivity (Wildman–Crippen MR) is 58.8 cm³/mol. The van der Waals surface area contributed by atoms with Crippen molar-refractivity contribution in [2.75, 3.05) is 26.4 Å². The lowest BCUT2D eigenvalue weighted by molar-refractivity contribution is -0.113. The van der Waals surface area contributed by atoms with Gasteiger partial charge in [-0.2, -0.15) is 5.26 Å². The fourth-order valence-corrected chi connectivity index (χ4v) is 1.68. The first-order chi connectivity index (χ1) is 7.86. The molecule has 0 amide bonds. The molecule has 4 nitrogen and oxygen atoms in total. The Bertz CT molecular complexity index is 225. The highest BCUT2D eigenvalue weighted by atomic mass is 16.5. The Labute approximate surface area is 96.5 Å². The van der Waals surface area contributed by atoms with Crippen LogP contribution in [0.25, 0.3) is 0 Å². The molecule has 0 N–H and O–H groups in total. The molecule has 0 aromatic carbocycles. The minimum atomic E-state index is 0.267. The third-order valence-corrected chi connectivity index (χ3v) is 2.86. The molecule has 2 rings (SSSR count). The number of nitriles is 1. The van der Waals surface area contributed by atoms with Crippen molar-refractivity contribution in [1.82, 2.24) is 0 Å². The maximum Gasteiger partial charge on any atom is 0.123 e. The number of hydrogen-bond donors (Lipinski definition) is 0. The molecule has 0 saturated carbocycles. The van der Waals surface area contributed by atoms with Crippen LogP contribution < -0.4 is 0 Å². The zero-order valence-electron chi connectivity index (χ0n) is 9.56. The maximum atomic E-state index is 10.1. The van der Waals surface area contributed by atoms with Gasteiger partial charge in [-0.1, -0.05) is 0 Å². The average Bonchev–Trinajstić information content (AvgIpc) is 2.41. The fraction of sp³-hybridized carbons (Fsp3) is 0.833. The second-order valence-corrected chi connectivity index (χ2v) is 4.10. The van der Waals surface area contributed by atoms with Gasteiger partial charge in [0, 0.05) is 32.3 Å². The third kappa shape index (κ3) is 5.24. The van der Waals surface area contributed by atoms with Crippen molar-refractivity contribution in [1.29, 1.82) is 5.26 Å². The summed E-state index contributed by atoms with van der Waals surface area (Å²) in [5.41, 5.74) is 0. The summed E-state index contributed by atoms with van der Waals surface area (Å²) >= 11 is 0. The topological polar surface area (TPSA) is 59.3 Å². The van der Waals surface area contributed by atoms with Gasteiger partial charge in [0.25, 0.3) is 0 Å². The van der Waals surface area contributed by atoms with Gasteiger partial charge in [-0.15, -0.1) is 0 Å². The third-order valence-electron chi connectivity index (χ3n) is 2.86. The van der Waals surface area contributed by atoms with Crippen molar-refractivity contribution in [2.45, 2.75) is 25.7 Å². The molecule has 2 aliphatic rings. The molecule has 0 aliphatic carbocycles. The van der Waals surface area contributed by atoms with Crippen LogP contribution in [0.1, 0.15) is 25.7 Å². The van der Waals surface area contributed by atoms with Gasteiger partial charge in [0.2, 0.25) is 0 Å². The number of nitrogens with zero attached hydrogens (tertiary/aromatic N) is 1. The largest absolute Gasteiger partial charge is 0.381 e. The standard InChI is InChI=1S/C6H9NO.C6H10O2/c2*7-5-6-1-3-8-4-2-6/h6H,1-4H2;5-6H,1-4H2. The van der Waals surface area contributed by atoms with Crippen molar-refractivity contribution >= 4 is 6.29 Å². The normalized spacial score (nSPS) is 22.7. The molecule has 2 aliphatic heterocycles. The van der Waals surface area contributed by atoms with Gasteiger partial charge in [0.1, 0.15) is 6.29 Å². The number of carbonyl (C=O) groups is 1. The SMILES string of the molecule is N#CC1CCOCC1.O=CC1CCOCC1. The summed E-state index contributed by atoms with van der Waals surface area (Å²) < 4.78 is 10.1. The van der Waals surface area contributed by atoms with Crippen LogP contribution in [-0.2, 0) is 14.3 Å². The van der Waals surface area contributed by atoms with Gasteiger partial charge >= 0.3 is 0 Å². The van der Waals surface area contributed by atoms with Gasteiger partial charge in [-0.3, -0.25) is 0 Å². The minimum absolute atomic E-state index is 0.267. The fourth-order valence-electron chi connectivity index (χ4n) is 1.68. The Hall–Kier alpha value is -0.920. The summed E-state index contributed by atoms with van der Waals surface area (Å²) in [5, 5.41) is 8.39. The highest BCUT2D eigenvalue weighted by Gasteiger charge is 2.11. The van der Waals surface area contributed by atoms with Crippen molar-refractivity contribution in [2.24, 2.45) is 11.8 Å². The summed E-state index contributed by atoms with van der Waals surface area (Å²) in [7, 11) is 0. The Morgan fingerprint density at radius 1 is 1.00 bits per heavy atom. The van der Waals surface area contributed by atoms with E-state index in [4.69, 9.17) is 14.7 Å². The Morgan fingerprint density at radius 2 is 1.50 bits per heavy atom. The number of hydrogen-bond acceptors (Lipinski definition) is 4. The summed E-state index contributed by atoms with van der Waals surface area (Å²) in [5.74, 6) is 0.549. The molecule has 0 spiro atoms. The first kappa shape index (κ1) is 13.1. The molecular weight excluding hydrogens is 206 g/mol. The van der Waals surface area contributed by atoms with Crippen LogP contribution in [0.3, 0.4) is 0 Å². The molecule has 0 radical (unpaired) electrons.